The number of halogens is 1. The molecule has 0 N–H and O–H groups in total. The van der Waals surface area contributed by atoms with E-state index in [1.165, 1.54) is 23.3 Å². The number of fused-ring (bicyclic) bond motifs is 2. The Morgan fingerprint density at radius 2 is 1.39 bits per heavy atom. The number of hydrogen-bond acceptors (Lipinski definition) is 2. The summed E-state index contributed by atoms with van der Waals surface area (Å²) in [4.78, 5) is 21.2. The van der Waals surface area contributed by atoms with Crippen LogP contribution in [-0.4, -0.2) is 15.8 Å². The zero-order valence-electron chi connectivity index (χ0n) is 24.2. The van der Waals surface area contributed by atoms with Crippen molar-refractivity contribution in [1.29, 1.82) is 0 Å². The van der Waals surface area contributed by atoms with Gasteiger partial charge in [0.25, 0.3) is 5.91 Å². The van der Waals surface area contributed by atoms with E-state index in [2.05, 4.69) is 78.9 Å². The molecule has 1 aliphatic heterocycles. The molecule has 1 aromatic heterocycles. The molecule has 6 aromatic rings. The van der Waals surface area contributed by atoms with E-state index >= 15 is 0 Å². The molecule has 1 amide bonds. The summed E-state index contributed by atoms with van der Waals surface area (Å²) in [5.74, 6) is -0.261. The normalized spacial score (nSPS) is 12.9. The third-order valence-corrected chi connectivity index (χ3v) is 8.50. The van der Waals surface area contributed by atoms with Gasteiger partial charge in [-0.1, -0.05) is 121 Å². The van der Waals surface area contributed by atoms with Gasteiger partial charge in [0.2, 0.25) is 0 Å². The second-order valence-electron chi connectivity index (χ2n) is 11.3. The minimum Gasteiger partial charge on any atom is -0.330 e. The molecule has 44 heavy (non-hydrogen) atoms. The highest BCUT2D eigenvalue weighted by Crippen LogP contribution is 2.40. The zero-order valence-corrected chi connectivity index (χ0v) is 24.2. The Morgan fingerprint density at radius 1 is 0.750 bits per heavy atom. The summed E-state index contributed by atoms with van der Waals surface area (Å²) in [5, 5.41) is 1.03. The number of carbonyl (C=O) groups is 1. The van der Waals surface area contributed by atoms with Gasteiger partial charge >= 0.3 is 0 Å². The van der Waals surface area contributed by atoms with Crippen LogP contribution in [0, 0.1) is 5.82 Å². The maximum absolute atomic E-state index is 14.4. The largest absolute Gasteiger partial charge is 0.330 e. The zero-order chi connectivity index (χ0) is 29.9. The van der Waals surface area contributed by atoms with Crippen molar-refractivity contribution in [3.8, 4) is 0 Å². The van der Waals surface area contributed by atoms with Gasteiger partial charge in [0.1, 0.15) is 5.82 Å². The summed E-state index contributed by atoms with van der Waals surface area (Å²) in [7, 11) is 0. The fourth-order valence-electron chi connectivity index (χ4n) is 6.38. The van der Waals surface area contributed by atoms with Gasteiger partial charge in [0.05, 0.1) is 11.1 Å². The first-order valence-corrected chi connectivity index (χ1v) is 14.9. The van der Waals surface area contributed by atoms with Crippen molar-refractivity contribution < 1.29 is 9.18 Å². The minimum absolute atomic E-state index is 0.0129. The summed E-state index contributed by atoms with van der Waals surface area (Å²) in [6.45, 7) is 0.874. The summed E-state index contributed by atoms with van der Waals surface area (Å²) in [6.07, 6.45) is 6.68. The number of hydrogen-bond donors (Lipinski definition) is 0. The van der Waals surface area contributed by atoms with E-state index in [0.717, 1.165) is 44.3 Å². The highest BCUT2D eigenvalue weighted by Gasteiger charge is 2.35. The second kappa shape index (κ2) is 12.1. The lowest BCUT2D eigenvalue weighted by Crippen LogP contribution is -2.24. The Hall–Kier alpha value is -5.35. The molecule has 5 aromatic carbocycles. The maximum Gasteiger partial charge on any atom is 0.255 e. The standard InChI is InChI=1S/C40H31FN2O/c41-32-21-18-29(19-22-32)26-43-27-37-33(23-20-28-11-4-1-5-12-28)34-17-10-24-42-39(34)36(38(37)40(43)44)25-35(30-13-6-2-7-14-30)31-15-8-3-9-16-31/h1-24,35H,25-27H2/b23-20+. The van der Waals surface area contributed by atoms with Crippen LogP contribution in [0.2, 0.25) is 0 Å². The van der Waals surface area contributed by atoms with Crippen LogP contribution in [0.3, 0.4) is 0 Å². The lowest BCUT2D eigenvalue weighted by Gasteiger charge is -2.22. The molecular formula is C40H31FN2O. The molecule has 7 rings (SSSR count). The molecule has 0 spiro atoms. The quantitative estimate of drug-likeness (QED) is 0.170. The van der Waals surface area contributed by atoms with Crippen LogP contribution in [0.1, 0.15) is 55.2 Å². The third kappa shape index (κ3) is 5.43. The Bertz CT molecular complexity index is 1910. The van der Waals surface area contributed by atoms with Gasteiger partial charge in [0, 0.05) is 30.6 Å². The van der Waals surface area contributed by atoms with Crippen molar-refractivity contribution in [2.75, 3.05) is 0 Å². The average molecular weight is 575 g/mol. The van der Waals surface area contributed by atoms with Gasteiger partial charge in [-0.3, -0.25) is 9.78 Å². The van der Waals surface area contributed by atoms with Gasteiger partial charge in [-0.2, -0.15) is 0 Å². The molecule has 0 unspecified atom stereocenters. The fourth-order valence-corrected chi connectivity index (χ4v) is 6.38. The number of aromatic nitrogens is 1. The smallest absolute Gasteiger partial charge is 0.255 e. The summed E-state index contributed by atoms with van der Waals surface area (Å²) >= 11 is 0. The maximum atomic E-state index is 14.4. The molecule has 0 aliphatic carbocycles. The molecule has 2 heterocycles. The van der Waals surface area contributed by atoms with E-state index in [-0.39, 0.29) is 17.6 Å². The molecular weight excluding hydrogens is 543 g/mol. The summed E-state index contributed by atoms with van der Waals surface area (Å²) < 4.78 is 13.7. The summed E-state index contributed by atoms with van der Waals surface area (Å²) in [5.41, 5.74) is 8.96. The highest BCUT2D eigenvalue weighted by atomic mass is 19.1. The average Bonchev–Trinajstić information content (AvgIpc) is 3.40. The number of amides is 1. The Morgan fingerprint density at radius 3 is 2.05 bits per heavy atom. The van der Waals surface area contributed by atoms with Crippen LogP contribution in [0.25, 0.3) is 23.1 Å². The van der Waals surface area contributed by atoms with E-state index in [9.17, 15) is 9.18 Å². The van der Waals surface area contributed by atoms with Gasteiger partial charge < -0.3 is 4.90 Å². The van der Waals surface area contributed by atoms with Crippen LogP contribution in [0.5, 0.6) is 0 Å². The Balaban J connectivity index is 1.41. The topological polar surface area (TPSA) is 33.2 Å². The van der Waals surface area contributed by atoms with Gasteiger partial charge in [-0.15, -0.1) is 0 Å². The highest BCUT2D eigenvalue weighted by molar-refractivity contribution is 6.08. The van der Waals surface area contributed by atoms with Crippen LogP contribution in [-0.2, 0) is 19.5 Å². The van der Waals surface area contributed by atoms with Crippen LogP contribution >= 0.6 is 0 Å². The van der Waals surface area contributed by atoms with Gasteiger partial charge in [0.15, 0.2) is 0 Å². The van der Waals surface area contributed by atoms with Crippen molar-refractivity contribution in [3.05, 3.63) is 184 Å². The van der Waals surface area contributed by atoms with E-state index < -0.39 is 0 Å². The predicted molar refractivity (Wildman–Crippen MR) is 176 cm³/mol. The first kappa shape index (κ1) is 27.5. The molecule has 4 heteroatoms. The van der Waals surface area contributed by atoms with E-state index in [4.69, 9.17) is 4.98 Å². The first-order chi connectivity index (χ1) is 21.7. The van der Waals surface area contributed by atoms with Gasteiger partial charge in [-0.25, -0.2) is 4.39 Å². The SMILES string of the molecule is O=C1c2c(c(/C=C/c3ccccc3)c3cccnc3c2CC(c2ccccc2)c2ccccc2)CN1Cc1ccc(F)cc1. The molecule has 214 valence electrons. The van der Waals surface area contributed by atoms with Crippen molar-refractivity contribution in [2.24, 2.45) is 0 Å². The molecule has 0 radical (unpaired) electrons. The molecule has 1 aliphatic rings. The van der Waals surface area contributed by atoms with Crippen molar-refractivity contribution in [2.45, 2.75) is 25.4 Å². The minimum atomic E-state index is -0.286. The van der Waals surface area contributed by atoms with E-state index in [1.54, 1.807) is 12.1 Å². The molecule has 0 fully saturated rings. The molecule has 3 nitrogen and oxygen atoms in total. The van der Waals surface area contributed by atoms with E-state index in [0.29, 0.717) is 19.5 Å². The van der Waals surface area contributed by atoms with Crippen LogP contribution in [0.15, 0.2) is 134 Å². The first-order valence-electron chi connectivity index (χ1n) is 14.9. The number of nitrogens with zero attached hydrogens (tertiary/aromatic N) is 2. The van der Waals surface area contributed by atoms with E-state index in [1.807, 2.05) is 47.5 Å². The van der Waals surface area contributed by atoms with Gasteiger partial charge in [-0.05, 0) is 63.6 Å². The lowest BCUT2D eigenvalue weighted by atomic mass is 9.82. The predicted octanol–water partition coefficient (Wildman–Crippen LogP) is 9.07. The number of benzene rings is 5. The molecule has 0 saturated carbocycles. The van der Waals surface area contributed by atoms with Crippen molar-refractivity contribution in [1.82, 2.24) is 9.88 Å². The lowest BCUT2D eigenvalue weighted by molar-refractivity contribution is 0.0766. The number of rotatable bonds is 8. The Labute approximate surface area is 257 Å². The van der Waals surface area contributed by atoms with Crippen LogP contribution < -0.4 is 0 Å². The van der Waals surface area contributed by atoms with Crippen molar-refractivity contribution in [3.63, 3.8) is 0 Å². The Kier molecular flexibility index (Phi) is 7.56. The van der Waals surface area contributed by atoms with Crippen LogP contribution in [0.4, 0.5) is 4.39 Å². The fraction of sp³-hybridized carbons (Fsp3) is 0.100. The molecule has 0 atom stereocenters. The van der Waals surface area contributed by atoms with Crippen molar-refractivity contribution >= 4 is 29.0 Å². The summed E-state index contributed by atoms with van der Waals surface area (Å²) in [6, 6.07) is 41.7. The second-order valence-corrected chi connectivity index (χ2v) is 11.3. The number of pyridine rings is 1. The third-order valence-electron chi connectivity index (χ3n) is 8.50. The molecule has 0 saturated heterocycles. The monoisotopic (exact) mass is 574 g/mol. The number of carbonyl (C=O) groups excluding carboxylic acids is 1. The molecule has 0 bridgehead atoms.